The standard InChI is InChI=1S/C18H20N2O4/c1-20(2)18(22)11-6-7-14(16(9-11)23-3)19-17(21)13-10-12(13)15-5-4-8-24-15/h4-9,12-13H,10H2,1-3H3,(H,19,21)/t12-,13+/m0/s1. The van der Waals surface area contributed by atoms with Gasteiger partial charge in [-0.3, -0.25) is 9.59 Å². The van der Waals surface area contributed by atoms with E-state index in [1.807, 2.05) is 12.1 Å². The van der Waals surface area contributed by atoms with Crippen LogP contribution in [-0.2, 0) is 4.79 Å². The van der Waals surface area contributed by atoms with Gasteiger partial charge in [0, 0.05) is 31.5 Å². The maximum absolute atomic E-state index is 12.4. The van der Waals surface area contributed by atoms with E-state index in [-0.39, 0.29) is 23.7 Å². The summed E-state index contributed by atoms with van der Waals surface area (Å²) in [5.74, 6) is 1.16. The molecule has 1 N–H and O–H groups in total. The van der Waals surface area contributed by atoms with Gasteiger partial charge in [0.15, 0.2) is 0 Å². The number of furan rings is 1. The van der Waals surface area contributed by atoms with Crippen molar-refractivity contribution in [2.24, 2.45) is 5.92 Å². The van der Waals surface area contributed by atoms with E-state index in [4.69, 9.17) is 9.15 Å². The average molecular weight is 328 g/mol. The summed E-state index contributed by atoms with van der Waals surface area (Å²) in [5.41, 5.74) is 1.07. The third-order valence-corrected chi connectivity index (χ3v) is 4.15. The molecule has 6 heteroatoms. The molecule has 2 aromatic rings. The molecule has 6 nitrogen and oxygen atoms in total. The number of hydrogen-bond donors (Lipinski definition) is 1. The molecule has 1 aliphatic rings. The molecule has 0 aliphatic heterocycles. The summed E-state index contributed by atoms with van der Waals surface area (Å²) in [4.78, 5) is 25.9. The molecule has 1 aliphatic carbocycles. The van der Waals surface area contributed by atoms with E-state index in [0.29, 0.717) is 17.0 Å². The van der Waals surface area contributed by atoms with Gasteiger partial charge in [0.2, 0.25) is 5.91 Å². The first-order valence-electron chi connectivity index (χ1n) is 7.75. The number of hydrogen-bond acceptors (Lipinski definition) is 4. The minimum atomic E-state index is -0.119. The highest BCUT2D eigenvalue weighted by atomic mass is 16.5. The fourth-order valence-electron chi connectivity index (χ4n) is 2.71. The van der Waals surface area contributed by atoms with Gasteiger partial charge in [0.05, 0.1) is 19.1 Å². The first kappa shape index (κ1) is 16.1. The normalized spacial score (nSPS) is 18.8. The third-order valence-electron chi connectivity index (χ3n) is 4.15. The molecule has 24 heavy (non-hydrogen) atoms. The van der Waals surface area contributed by atoms with Crippen LogP contribution in [0.15, 0.2) is 41.0 Å². The zero-order valence-electron chi connectivity index (χ0n) is 13.9. The second kappa shape index (κ2) is 6.39. The van der Waals surface area contributed by atoms with Gasteiger partial charge in [-0.1, -0.05) is 0 Å². The Balaban J connectivity index is 1.71. The van der Waals surface area contributed by atoms with E-state index < -0.39 is 0 Å². The van der Waals surface area contributed by atoms with Gasteiger partial charge in [-0.2, -0.15) is 0 Å². The minimum absolute atomic E-state index is 0.0682. The average Bonchev–Trinajstić information content (AvgIpc) is 3.20. The van der Waals surface area contributed by atoms with Crippen LogP contribution >= 0.6 is 0 Å². The topological polar surface area (TPSA) is 71.8 Å². The molecule has 0 saturated heterocycles. The number of methoxy groups -OCH3 is 1. The maximum atomic E-state index is 12.4. The number of anilines is 1. The lowest BCUT2D eigenvalue weighted by Crippen LogP contribution is -2.22. The molecule has 0 unspecified atom stereocenters. The summed E-state index contributed by atoms with van der Waals surface area (Å²) in [5, 5.41) is 2.88. The van der Waals surface area contributed by atoms with Gasteiger partial charge < -0.3 is 19.4 Å². The smallest absolute Gasteiger partial charge is 0.253 e. The highest BCUT2D eigenvalue weighted by Crippen LogP contribution is 2.48. The molecule has 126 valence electrons. The van der Waals surface area contributed by atoms with Gasteiger partial charge in [0.1, 0.15) is 11.5 Å². The van der Waals surface area contributed by atoms with Crippen molar-refractivity contribution >= 4 is 17.5 Å². The van der Waals surface area contributed by atoms with E-state index >= 15 is 0 Å². The predicted octanol–water partition coefficient (Wildman–Crippen LogP) is 2.73. The van der Waals surface area contributed by atoms with Crippen molar-refractivity contribution in [3.63, 3.8) is 0 Å². The van der Waals surface area contributed by atoms with Crippen LogP contribution in [0.2, 0.25) is 0 Å². The molecule has 1 aromatic heterocycles. The van der Waals surface area contributed by atoms with Crippen molar-refractivity contribution in [2.75, 3.05) is 26.5 Å². The number of benzene rings is 1. The SMILES string of the molecule is COc1cc(C(=O)N(C)C)ccc1NC(=O)[C@@H]1C[C@@H]1c1ccco1. The van der Waals surface area contributed by atoms with E-state index in [1.54, 1.807) is 38.6 Å². The minimum Gasteiger partial charge on any atom is -0.495 e. The summed E-state index contributed by atoms with van der Waals surface area (Å²) < 4.78 is 10.7. The van der Waals surface area contributed by atoms with Crippen LogP contribution in [0.1, 0.15) is 28.5 Å². The van der Waals surface area contributed by atoms with E-state index in [2.05, 4.69) is 5.32 Å². The summed E-state index contributed by atoms with van der Waals surface area (Å²) >= 11 is 0. The number of rotatable bonds is 5. The number of ether oxygens (including phenoxy) is 1. The molecule has 2 atom stereocenters. The molecule has 3 rings (SSSR count). The molecule has 0 bridgehead atoms. The zero-order valence-corrected chi connectivity index (χ0v) is 13.9. The van der Waals surface area contributed by atoms with Crippen LogP contribution in [0.25, 0.3) is 0 Å². The fraction of sp³-hybridized carbons (Fsp3) is 0.333. The Morgan fingerprint density at radius 1 is 1.29 bits per heavy atom. The van der Waals surface area contributed by atoms with Gasteiger partial charge in [-0.15, -0.1) is 0 Å². The third kappa shape index (κ3) is 3.13. The second-order valence-electron chi connectivity index (χ2n) is 6.07. The van der Waals surface area contributed by atoms with Gasteiger partial charge in [-0.25, -0.2) is 0 Å². The number of carbonyl (C=O) groups excluding carboxylic acids is 2. The summed E-state index contributed by atoms with van der Waals surface area (Å²) in [6, 6.07) is 8.72. The molecule has 2 amide bonds. The van der Waals surface area contributed by atoms with Crippen molar-refractivity contribution in [1.29, 1.82) is 0 Å². The Bertz CT molecular complexity index is 752. The molecule has 0 radical (unpaired) electrons. The van der Waals surface area contributed by atoms with Crippen molar-refractivity contribution in [1.82, 2.24) is 4.90 Å². The van der Waals surface area contributed by atoms with Crippen LogP contribution in [-0.4, -0.2) is 37.9 Å². The van der Waals surface area contributed by atoms with Crippen LogP contribution in [0.3, 0.4) is 0 Å². The predicted molar refractivity (Wildman–Crippen MR) is 89.2 cm³/mol. The number of nitrogens with zero attached hydrogens (tertiary/aromatic N) is 1. The second-order valence-corrected chi connectivity index (χ2v) is 6.07. The van der Waals surface area contributed by atoms with Crippen molar-refractivity contribution in [3.8, 4) is 5.75 Å². The molecule has 0 spiro atoms. The maximum Gasteiger partial charge on any atom is 0.253 e. The lowest BCUT2D eigenvalue weighted by Gasteiger charge is -2.14. The van der Waals surface area contributed by atoms with Crippen molar-refractivity contribution in [3.05, 3.63) is 47.9 Å². The van der Waals surface area contributed by atoms with Crippen molar-refractivity contribution < 1.29 is 18.7 Å². The summed E-state index contributed by atoms with van der Waals surface area (Å²) in [6.45, 7) is 0. The first-order chi connectivity index (χ1) is 11.5. The lowest BCUT2D eigenvalue weighted by atomic mass is 10.1. The van der Waals surface area contributed by atoms with Gasteiger partial charge in [0.25, 0.3) is 5.91 Å². The Morgan fingerprint density at radius 2 is 2.08 bits per heavy atom. The van der Waals surface area contributed by atoms with Crippen LogP contribution in [0, 0.1) is 5.92 Å². The molecular formula is C18H20N2O4. The summed E-state index contributed by atoms with van der Waals surface area (Å²) in [7, 11) is 4.89. The van der Waals surface area contributed by atoms with Crippen LogP contribution in [0.4, 0.5) is 5.69 Å². The van der Waals surface area contributed by atoms with E-state index in [9.17, 15) is 9.59 Å². The monoisotopic (exact) mass is 328 g/mol. The zero-order chi connectivity index (χ0) is 17.3. The molecule has 1 fully saturated rings. The largest absolute Gasteiger partial charge is 0.495 e. The highest BCUT2D eigenvalue weighted by Gasteiger charge is 2.46. The quantitative estimate of drug-likeness (QED) is 0.916. The van der Waals surface area contributed by atoms with Crippen LogP contribution in [0.5, 0.6) is 5.75 Å². The Labute approximate surface area is 140 Å². The Morgan fingerprint density at radius 3 is 2.71 bits per heavy atom. The molecule has 1 heterocycles. The van der Waals surface area contributed by atoms with Crippen molar-refractivity contribution in [2.45, 2.75) is 12.3 Å². The Kier molecular flexibility index (Phi) is 4.29. The molecule has 1 saturated carbocycles. The lowest BCUT2D eigenvalue weighted by molar-refractivity contribution is -0.117. The fourth-order valence-corrected chi connectivity index (χ4v) is 2.71. The number of amides is 2. The number of nitrogens with one attached hydrogen (secondary N) is 1. The molecule has 1 aromatic carbocycles. The number of carbonyl (C=O) groups is 2. The molecular weight excluding hydrogens is 308 g/mol. The summed E-state index contributed by atoms with van der Waals surface area (Å²) in [6.07, 6.45) is 2.39. The Hall–Kier alpha value is -2.76. The van der Waals surface area contributed by atoms with E-state index in [0.717, 1.165) is 12.2 Å². The van der Waals surface area contributed by atoms with Crippen LogP contribution < -0.4 is 10.1 Å². The highest BCUT2D eigenvalue weighted by molar-refractivity contribution is 5.98. The first-order valence-corrected chi connectivity index (χ1v) is 7.75. The van der Waals surface area contributed by atoms with Gasteiger partial charge >= 0.3 is 0 Å². The van der Waals surface area contributed by atoms with Gasteiger partial charge in [-0.05, 0) is 36.8 Å². The van der Waals surface area contributed by atoms with E-state index in [1.165, 1.54) is 12.0 Å².